The predicted molar refractivity (Wildman–Crippen MR) is 79.3 cm³/mol. The lowest BCUT2D eigenvalue weighted by molar-refractivity contribution is 0.0673. The number of nitrogens with one attached hydrogen (secondary N) is 1. The molecule has 22 heavy (non-hydrogen) atoms. The molecule has 1 fully saturated rings. The standard InChI is InChI=1S/C15H18FN5O/c1-10-6-20(7-11(2)19-10)15(22)12-3-4-14(13(16)5-12)21-9-17-8-18-21/h3-5,8-11,19H,6-7H2,1-2H3/t10-,11+. The fraction of sp³-hybridized carbons (Fsp3) is 0.400. The lowest BCUT2D eigenvalue weighted by Crippen LogP contribution is -2.55. The highest BCUT2D eigenvalue weighted by Crippen LogP contribution is 2.17. The molecular formula is C15H18FN5O. The van der Waals surface area contributed by atoms with Crippen LogP contribution in [0.4, 0.5) is 4.39 Å². The second-order valence-electron chi connectivity index (χ2n) is 5.69. The molecule has 0 bridgehead atoms. The lowest BCUT2D eigenvalue weighted by atomic mass is 10.1. The van der Waals surface area contributed by atoms with Crippen LogP contribution in [0.5, 0.6) is 0 Å². The molecule has 1 N–H and O–H groups in total. The second kappa shape index (κ2) is 5.84. The van der Waals surface area contributed by atoms with E-state index in [1.165, 1.54) is 23.4 Å². The summed E-state index contributed by atoms with van der Waals surface area (Å²) in [7, 11) is 0. The van der Waals surface area contributed by atoms with E-state index in [4.69, 9.17) is 0 Å². The van der Waals surface area contributed by atoms with Gasteiger partial charge >= 0.3 is 0 Å². The van der Waals surface area contributed by atoms with Gasteiger partial charge in [-0.15, -0.1) is 0 Å². The van der Waals surface area contributed by atoms with Gasteiger partial charge in [-0.3, -0.25) is 4.79 Å². The summed E-state index contributed by atoms with van der Waals surface area (Å²) in [6.45, 7) is 5.31. The number of hydrogen-bond donors (Lipinski definition) is 1. The molecule has 0 spiro atoms. The second-order valence-corrected chi connectivity index (χ2v) is 5.69. The Morgan fingerprint density at radius 3 is 2.64 bits per heavy atom. The van der Waals surface area contributed by atoms with Crippen molar-refractivity contribution in [2.45, 2.75) is 25.9 Å². The molecule has 2 atom stereocenters. The number of carbonyl (C=O) groups excluding carboxylic acids is 1. The topological polar surface area (TPSA) is 63.1 Å². The van der Waals surface area contributed by atoms with Gasteiger partial charge in [0.15, 0.2) is 0 Å². The summed E-state index contributed by atoms with van der Waals surface area (Å²) in [4.78, 5) is 18.1. The minimum Gasteiger partial charge on any atom is -0.336 e. The third-order valence-electron chi connectivity index (χ3n) is 3.70. The van der Waals surface area contributed by atoms with Crippen molar-refractivity contribution >= 4 is 5.91 Å². The molecule has 116 valence electrons. The SMILES string of the molecule is C[C@@H]1CN(C(=O)c2ccc(-n3cncn3)c(F)c2)C[C@H](C)N1. The van der Waals surface area contributed by atoms with E-state index in [-0.39, 0.29) is 23.7 Å². The summed E-state index contributed by atoms with van der Waals surface area (Å²) < 4.78 is 15.6. The Morgan fingerprint density at radius 2 is 2.05 bits per heavy atom. The van der Waals surface area contributed by atoms with Crippen molar-refractivity contribution in [3.8, 4) is 5.69 Å². The maximum Gasteiger partial charge on any atom is 0.254 e. The van der Waals surface area contributed by atoms with Crippen molar-refractivity contribution in [3.63, 3.8) is 0 Å². The van der Waals surface area contributed by atoms with Crippen LogP contribution in [-0.2, 0) is 0 Å². The first-order chi connectivity index (χ1) is 10.5. The minimum absolute atomic E-state index is 0.149. The smallest absolute Gasteiger partial charge is 0.254 e. The van der Waals surface area contributed by atoms with Crippen molar-refractivity contribution < 1.29 is 9.18 Å². The van der Waals surface area contributed by atoms with Gasteiger partial charge in [-0.1, -0.05) is 0 Å². The van der Waals surface area contributed by atoms with Crippen LogP contribution in [0.2, 0.25) is 0 Å². The van der Waals surface area contributed by atoms with Crippen molar-refractivity contribution in [3.05, 3.63) is 42.2 Å². The molecule has 6 nitrogen and oxygen atoms in total. The maximum atomic E-state index is 14.2. The largest absolute Gasteiger partial charge is 0.336 e. The van der Waals surface area contributed by atoms with Crippen LogP contribution in [-0.4, -0.2) is 50.7 Å². The number of rotatable bonds is 2. The quantitative estimate of drug-likeness (QED) is 0.906. The van der Waals surface area contributed by atoms with E-state index in [2.05, 4.69) is 15.4 Å². The van der Waals surface area contributed by atoms with E-state index in [9.17, 15) is 9.18 Å². The molecule has 1 aromatic heterocycles. The van der Waals surface area contributed by atoms with Crippen LogP contribution < -0.4 is 5.32 Å². The third-order valence-corrected chi connectivity index (χ3v) is 3.70. The van der Waals surface area contributed by atoms with Crippen molar-refractivity contribution in [2.24, 2.45) is 0 Å². The van der Waals surface area contributed by atoms with E-state index < -0.39 is 5.82 Å². The fourth-order valence-electron chi connectivity index (χ4n) is 2.83. The maximum absolute atomic E-state index is 14.2. The Morgan fingerprint density at radius 1 is 1.32 bits per heavy atom. The van der Waals surface area contributed by atoms with Crippen LogP contribution in [0.15, 0.2) is 30.9 Å². The zero-order valence-corrected chi connectivity index (χ0v) is 12.5. The van der Waals surface area contributed by atoms with Crippen molar-refractivity contribution in [1.29, 1.82) is 0 Å². The van der Waals surface area contributed by atoms with Gasteiger partial charge in [-0.2, -0.15) is 5.10 Å². The van der Waals surface area contributed by atoms with Crippen LogP contribution in [0.25, 0.3) is 5.69 Å². The van der Waals surface area contributed by atoms with Crippen molar-refractivity contribution in [1.82, 2.24) is 25.0 Å². The molecule has 1 aliphatic rings. The molecule has 2 heterocycles. The molecule has 1 amide bonds. The summed E-state index contributed by atoms with van der Waals surface area (Å²) in [6.07, 6.45) is 2.75. The third kappa shape index (κ3) is 2.85. The predicted octanol–water partition coefficient (Wildman–Crippen LogP) is 1.23. The molecule has 1 aliphatic heterocycles. The number of hydrogen-bond acceptors (Lipinski definition) is 4. The van der Waals surface area contributed by atoms with Gasteiger partial charge in [-0.25, -0.2) is 14.1 Å². The van der Waals surface area contributed by atoms with E-state index in [0.29, 0.717) is 18.7 Å². The molecule has 2 aromatic rings. The normalized spacial score (nSPS) is 21.9. The Hall–Kier alpha value is -2.28. The highest BCUT2D eigenvalue weighted by molar-refractivity contribution is 5.94. The van der Waals surface area contributed by atoms with Crippen molar-refractivity contribution in [2.75, 3.05) is 13.1 Å². The summed E-state index contributed by atoms with van der Waals surface area (Å²) in [5.74, 6) is -0.642. The Kier molecular flexibility index (Phi) is 3.89. The molecule has 3 rings (SSSR count). The fourth-order valence-corrected chi connectivity index (χ4v) is 2.83. The molecule has 0 unspecified atom stereocenters. The Balaban J connectivity index is 1.83. The van der Waals surface area contributed by atoms with Gasteiger partial charge in [0.25, 0.3) is 5.91 Å². The molecule has 7 heteroatoms. The Labute approximate surface area is 128 Å². The number of piperazine rings is 1. The molecule has 0 aliphatic carbocycles. The summed E-state index contributed by atoms with van der Waals surface area (Å²) in [6, 6.07) is 4.89. The Bertz CT molecular complexity index is 663. The van der Waals surface area contributed by atoms with Gasteiger partial charge in [0.05, 0.1) is 0 Å². The van der Waals surface area contributed by atoms with Crippen LogP contribution in [0.3, 0.4) is 0 Å². The first kappa shape index (κ1) is 14.6. The summed E-state index contributed by atoms with van der Waals surface area (Å²) >= 11 is 0. The molecule has 0 radical (unpaired) electrons. The highest BCUT2D eigenvalue weighted by Gasteiger charge is 2.26. The molecule has 0 saturated carbocycles. The number of benzene rings is 1. The average Bonchev–Trinajstić information content (AvgIpc) is 2.99. The molecule has 1 aromatic carbocycles. The highest BCUT2D eigenvalue weighted by atomic mass is 19.1. The first-order valence-electron chi connectivity index (χ1n) is 7.24. The van der Waals surface area contributed by atoms with Gasteiger partial charge in [-0.05, 0) is 32.0 Å². The minimum atomic E-state index is -0.493. The number of amides is 1. The average molecular weight is 303 g/mol. The molecule has 1 saturated heterocycles. The molecular weight excluding hydrogens is 285 g/mol. The van der Waals surface area contributed by atoms with Gasteiger partial charge in [0.1, 0.15) is 24.2 Å². The van der Waals surface area contributed by atoms with Gasteiger partial charge in [0, 0.05) is 30.7 Å². The van der Waals surface area contributed by atoms with Crippen LogP contribution in [0, 0.1) is 5.82 Å². The number of carbonyl (C=O) groups is 1. The number of halogens is 1. The van der Waals surface area contributed by atoms with Crippen LogP contribution in [0.1, 0.15) is 24.2 Å². The number of aromatic nitrogens is 3. The zero-order chi connectivity index (χ0) is 15.7. The lowest BCUT2D eigenvalue weighted by Gasteiger charge is -2.36. The summed E-state index contributed by atoms with van der Waals surface area (Å²) in [5, 5.41) is 7.26. The van der Waals surface area contributed by atoms with Gasteiger partial charge in [0.2, 0.25) is 0 Å². The first-order valence-corrected chi connectivity index (χ1v) is 7.24. The van der Waals surface area contributed by atoms with E-state index in [0.717, 1.165) is 0 Å². The van der Waals surface area contributed by atoms with E-state index in [1.54, 1.807) is 17.0 Å². The van der Waals surface area contributed by atoms with E-state index in [1.807, 2.05) is 13.8 Å². The summed E-state index contributed by atoms with van der Waals surface area (Å²) in [5.41, 5.74) is 0.624. The van der Waals surface area contributed by atoms with Gasteiger partial charge < -0.3 is 10.2 Å². The zero-order valence-electron chi connectivity index (χ0n) is 12.5. The monoisotopic (exact) mass is 303 g/mol. The van der Waals surface area contributed by atoms with Crippen LogP contribution >= 0.6 is 0 Å². The number of nitrogens with zero attached hydrogens (tertiary/aromatic N) is 4. The van der Waals surface area contributed by atoms with E-state index >= 15 is 0 Å².